The van der Waals surface area contributed by atoms with Gasteiger partial charge in [-0.15, -0.1) is 11.8 Å². The molecule has 5 heteroatoms. The van der Waals surface area contributed by atoms with Crippen molar-refractivity contribution in [3.63, 3.8) is 0 Å². The van der Waals surface area contributed by atoms with Crippen LogP contribution in [0.15, 0.2) is 59.5 Å². The van der Waals surface area contributed by atoms with Crippen LogP contribution in [-0.4, -0.2) is 17.1 Å². The van der Waals surface area contributed by atoms with E-state index in [9.17, 15) is 9.59 Å². The Morgan fingerprint density at radius 2 is 1.76 bits per heavy atom. The average Bonchev–Trinajstić information content (AvgIpc) is 2.68. The lowest BCUT2D eigenvalue weighted by molar-refractivity contribution is 0.0915. The second-order valence-electron chi connectivity index (χ2n) is 4.69. The Kier molecular flexibility index (Phi) is 4.03. The van der Waals surface area contributed by atoms with Gasteiger partial charge in [0.25, 0.3) is 5.91 Å². The molecule has 3 rings (SSSR count). The molecule has 0 aromatic heterocycles. The molecule has 1 aliphatic rings. The average molecular weight is 298 g/mol. The first kappa shape index (κ1) is 13.9. The van der Waals surface area contributed by atoms with Crippen molar-refractivity contribution in [2.24, 2.45) is 0 Å². The fourth-order valence-electron chi connectivity index (χ4n) is 2.16. The molecule has 21 heavy (non-hydrogen) atoms. The summed E-state index contributed by atoms with van der Waals surface area (Å²) in [6, 6.07) is 16.6. The molecule has 1 unspecified atom stereocenters. The monoisotopic (exact) mass is 298 g/mol. The van der Waals surface area contributed by atoms with Crippen molar-refractivity contribution in [3.8, 4) is 0 Å². The fraction of sp³-hybridized carbons (Fsp3) is 0.125. The number of hydrogen-bond donors (Lipinski definition) is 2. The van der Waals surface area contributed by atoms with Crippen LogP contribution >= 0.6 is 11.8 Å². The van der Waals surface area contributed by atoms with Crippen molar-refractivity contribution in [1.82, 2.24) is 10.9 Å². The summed E-state index contributed by atoms with van der Waals surface area (Å²) in [5.74, 6) is -0.123. The highest BCUT2D eigenvalue weighted by molar-refractivity contribution is 8.00. The van der Waals surface area contributed by atoms with Crippen molar-refractivity contribution in [3.05, 3.63) is 65.7 Å². The van der Waals surface area contributed by atoms with E-state index in [-0.39, 0.29) is 17.1 Å². The summed E-state index contributed by atoms with van der Waals surface area (Å²) in [6.07, 6.45) is 0.309. The number of carbonyl (C=O) groups is 2. The predicted molar refractivity (Wildman–Crippen MR) is 82.1 cm³/mol. The molecule has 0 spiro atoms. The van der Waals surface area contributed by atoms with Crippen molar-refractivity contribution in [2.45, 2.75) is 16.7 Å². The number of carbonyl (C=O) groups excluding carboxylic acids is 2. The number of Topliss-reactive ketones (excluding diaryl/α,β-unsaturated/α-hetero) is 1. The van der Waals surface area contributed by atoms with Gasteiger partial charge in [-0.25, -0.2) is 5.43 Å². The smallest absolute Gasteiger partial charge is 0.266 e. The number of amides is 1. The third-order valence-corrected chi connectivity index (χ3v) is 4.39. The topological polar surface area (TPSA) is 58.2 Å². The zero-order chi connectivity index (χ0) is 14.7. The van der Waals surface area contributed by atoms with Crippen LogP contribution in [-0.2, 0) is 0 Å². The van der Waals surface area contributed by atoms with E-state index in [4.69, 9.17) is 0 Å². The van der Waals surface area contributed by atoms with Gasteiger partial charge in [0.05, 0.1) is 10.9 Å². The van der Waals surface area contributed by atoms with E-state index in [0.717, 1.165) is 4.90 Å². The summed E-state index contributed by atoms with van der Waals surface area (Å²) < 4.78 is 0. The molecule has 106 valence electrons. The summed E-state index contributed by atoms with van der Waals surface area (Å²) in [5, 5.41) is -0.190. The number of benzene rings is 2. The molecule has 1 aliphatic heterocycles. The number of fused-ring (bicyclic) bond motifs is 1. The van der Waals surface area contributed by atoms with Crippen LogP contribution < -0.4 is 10.9 Å². The molecule has 2 N–H and O–H groups in total. The summed E-state index contributed by atoms with van der Waals surface area (Å²) in [6.45, 7) is 0. The molecule has 0 aliphatic carbocycles. The first-order valence-corrected chi connectivity index (χ1v) is 7.52. The lowest BCUT2D eigenvalue weighted by Gasteiger charge is -2.14. The molecule has 1 heterocycles. The maximum Gasteiger partial charge on any atom is 0.266 e. The second kappa shape index (κ2) is 6.11. The van der Waals surface area contributed by atoms with Crippen LogP contribution in [0.1, 0.15) is 27.1 Å². The number of thioether (sulfide) groups is 1. The fourth-order valence-corrected chi connectivity index (χ4v) is 3.26. The van der Waals surface area contributed by atoms with Crippen LogP contribution in [0.3, 0.4) is 0 Å². The molecule has 0 radical (unpaired) electrons. The Labute approximate surface area is 126 Å². The summed E-state index contributed by atoms with van der Waals surface area (Å²) in [5.41, 5.74) is 6.88. The van der Waals surface area contributed by atoms with Gasteiger partial charge in [0.15, 0.2) is 5.78 Å². The maximum absolute atomic E-state index is 12.3. The van der Waals surface area contributed by atoms with E-state index in [1.54, 1.807) is 18.2 Å². The first-order valence-electron chi connectivity index (χ1n) is 6.64. The molecule has 0 fully saturated rings. The molecular weight excluding hydrogens is 284 g/mol. The predicted octanol–water partition coefficient (Wildman–Crippen LogP) is 2.63. The Morgan fingerprint density at radius 3 is 2.57 bits per heavy atom. The highest BCUT2D eigenvalue weighted by Gasteiger charge is 2.23. The van der Waals surface area contributed by atoms with Crippen molar-refractivity contribution < 1.29 is 9.59 Å². The third kappa shape index (κ3) is 3.15. The van der Waals surface area contributed by atoms with Crippen molar-refractivity contribution in [2.75, 3.05) is 0 Å². The van der Waals surface area contributed by atoms with Gasteiger partial charge >= 0.3 is 0 Å². The largest absolute Gasteiger partial charge is 0.294 e. The lowest BCUT2D eigenvalue weighted by Crippen LogP contribution is -2.41. The van der Waals surface area contributed by atoms with E-state index in [0.29, 0.717) is 17.5 Å². The quantitative estimate of drug-likeness (QED) is 0.855. The zero-order valence-electron chi connectivity index (χ0n) is 11.2. The number of nitrogens with one attached hydrogen (secondary N) is 2. The molecule has 4 nitrogen and oxygen atoms in total. The SMILES string of the molecule is O=C(CC1NNC(=O)c2ccccc2S1)c1ccccc1. The Hall–Kier alpha value is -2.11. The van der Waals surface area contributed by atoms with Gasteiger partial charge in [-0.2, -0.15) is 0 Å². The normalized spacial score (nSPS) is 17.5. The number of hydrogen-bond acceptors (Lipinski definition) is 4. The molecule has 2 aromatic carbocycles. The molecule has 1 atom stereocenters. The molecule has 0 saturated carbocycles. The van der Waals surface area contributed by atoms with E-state index < -0.39 is 0 Å². The van der Waals surface area contributed by atoms with Gasteiger partial charge in [-0.1, -0.05) is 42.5 Å². The van der Waals surface area contributed by atoms with Gasteiger partial charge in [0.1, 0.15) is 0 Å². The highest BCUT2D eigenvalue weighted by atomic mass is 32.2. The Morgan fingerprint density at radius 1 is 1.05 bits per heavy atom. The number of hydrazine groups is 1. The molecule has 0 bridgehead atoms. The van der Waals surface area contributed by atoms with Crippen molar-refractivity contribution in [1.29, 1.82) is 0 Å². The van der Waals surface area contributed by atoms with Crippen molar-refractivity contribution >= 4 is 23.5 Å². The van der Waals surface area contributed by atoms with E-state index >= 15 is 0 Å². The van der Waals surface area contributed by atoms with E-state index in [1.165, 1.54) is 11.8 Å². The van der Waals surface area contributed by atoms with Crippen LogP contribution in [0.5, 0.6) is 0 Å². The third-order valence-electron chi connectivity index (χ3n) is 3.21. The van der Waals surface area contributed by atoms with Gasteiger partial charge in [0, 0.05) is 16.9 Å². The van der Waals surface area contributed by atoms with Gasteiger partial charge in [-0.05, 0) is 12.1 Å². The summed E-state index contributed by atoms with van der Waals surface area (Å²) in [4.78, 5) is 25.1. The van der Waals surface area contributed by atoms with Crippen LogP contribution in [0.25, 0.3) is 0 Å². The molecule has 0 saturated heterocycles. The van der Waals surface area contributed by atoms with Gasteiger partial charge in [-0.3, -0.25) is 15.0 Å². The van der Waals surface area contributed by atoms with Crippen LogP contribution in [0.4, 0.5) is 0 Å². The minimum atomic E-state index is -0.190. The molecule has 1 amide bonds. The Balaban J connectivity index is 1.76. The van der Waals surface area contributed by atoms with Crippen LogP contribution in [0.2, 0.25) is 0 Å². The second-order valence-corrected chi connectivity index (χ2v) is 5.94. The van der Waals surface area contributed by atoms with Gasteiger partial charge in [0.2, 0.25) is 0 Å². The highest BCUT2D eigenvalue weighted by Crippen LogP contribution is 2.29. The zero-order valence-corrected chi connectivity index (χ0v) is 12.0. The summed E-state index contributed by atoms with van der Waals surface area (Å²) in [7, 11) is 0. The number of rotatable bonds is 3. The summed E-state index contributed by atoms with van der Waals surface area (Å²) >= 11 is 1.49. The maximum atomic E-state index is 12.3. The standard InChI is InChI=1S/C16H14N2O2S/c19-13(11-6-2-1-3-7-11)10-15-17-18-16(20)12-8-4-5-9-14(12)21-15/h1-9,15,17H,10H2,(H,18,20). The number of ketones is 1. The first-order chi connectivity index (χ1) is 10.2. The van der Waals surface area contributed by atoms with E-state index in [1.807, 2.05) is 36.4 Å². The van der Waals surface area contributed by atoms with Gasteiger partial charge < -0.3 is 0 Å². The minimum Gasteiger partial charge on any atom is -0.294 e. The minimum absolute atomic E-state index is 0.0502. The Bertz CT molecular complexity index is 673. The molecule has 2 aromatic rings. The van der Waals surface area contributed by atoms with E-state index in [2.05, 4.69) is 10.9 Å². The molecular formula is C16H14N2O2S. The lowest BCUT2D eigenvalue weighted by atomic mass is 10.1. The van der Waals surface area contributed by atoms with Crippen LogP contribution in [0, 0.1) is 0 Å².